The Balaban J connectivity index is 0.000000136. The van der Waals surface area contributed by atoms with Gasteiger partial charge in [0.05, 0.1) is 45.2 Å². The molecule has 0 unspecified atom stereocenters. The molecular weight excluding hydrogens is 1540 g/mol. The van der Waals surface area contributed by atoms with E-state index in [0.717, 1.165) is 183 Å². The summed E-state index contributed by atoms with van der Waals surface area (Å²) in [7, 11) is 0. The number of nitrogens with zero attached hydrogens (tertiary/aromatic N) is 6. The van der Waals surface area contributed by atoms with Gasteiger partial charge in [-0.3, -0.25) is 0 Å². The fourth-order valence-electron chi connectivity index (χ4n) is 18.3. The molecule has 123 heavy (non-hydrogen) atoms. The van der Waals surface area contributed by atoms with Crippen LogP contribution in [-0.2, 0) is 0 Å². The van der Waals surface area contributed by atoms with Gasteiger partial charge >= 0.3 is 0 Å². The first-order valence-corrected chi connectivity index (χ1v) is 42.8. The Morgan fingerprint density at radius 3 is 0.894 bits per heavy atom. The maximum atomic E-state index is 6.22. The van der Waals surface area contributed by atoms with Crippen LogP contribution >= 0.6 is 22.7 Å². The van der Waals surface area contributed by atoms with E-state index in [2.05, 4.69) is 309 Å². The molecule has 0 saturated carbocycles. The zero-order valence-corrected chi connectivity index (χ0v) is 67.3. The van der Waals surface area contributed by atoms with Crippen molar-refractivity contribution >= 4 is 172 Å². The Kier molecular flexibility index (Phi) is 16.2. The third kappa shape index (κ3) is 11.8. The Morgan fingerprint density at radius 1 is 0.179 bits per heavy atom. The highest BCUT2D eigenvalue weighted by molar-refractivity contribution is 7.27. The van der Waals surface area contributed by atoms with E-state index in [1.807, 2.05) is 102 Å². The first kappa shape index (κ1) is 70.1. The summed E-state index contributed by atoms with van der Waals surface area (Å²) < 4.78 is 23.7. The van der Waals surface area contributed by atoms with Crippen molar-refractivity contribution in [2.75, 3.05) is 0 Å². The number of para-hydroxylation sites is 5. The normalized spacial score (nSPS) is 11.9. The van der Waals surface area contributed by atoms with Gasteiger partial charge in [0.15, 0.2) is 11.6 Å². The van der Waals surface area contributed by atoms with Crippen LogP contribution in [0.1, 0.15) is 0 Å². The van der Waals surface area contributed by atoms with E-state index in [-0.39, 0.29) is 0 Å². The number of hydrogen-bond acceptors (Lipinski definition) is 11. The van der Waals surface area contributed by atoms with Crippen LogP contribution in [0.4, 0.5) is 0 Å². The number of thiophene rings is 2. The molecule has 0 radical (unpaired) electrons. The summed E-state index contributed by atoms with van der Waals surface area (Å²) in [6.07, 6.45) is 0. The van der Waals surface area contributed by atoms with Crippen LogP contribution < -0.4 is 0 Å². The number of aromatic nitrogens is 6. The minimum Gasteiger partial charge on any atom is -0.456 e. The minimum absolute atomic E-state index is 0.639. The average Bonchev–Trinajstić information content (AvgIpc) is 1.70. The number of pyridine rings is 2. The molecule has 11 heteroatoms. The molecule has 0 saturated heterocycles. The molecule has 0 fully saturated rings. The first-order valence-electron chi connectivity index (χ1n) is 41.2. The lowest BCUT2D eigenvalue weighted by atomic mass is 9.92. The molecule has 0 aliphatic rings. The highest BCUT2D eigenvalue weighted by Crippen LogP contribution is 2.51. The zero-order chi connectivity index (χ0) is 80.7. The minimum atomic E-state index is 0.639. The van der Waals surface area contributed by atoms with E-state index in [1.165, 1.54) is 67.6 Å². The van der Waals surface area contributed by atoms with Crippen molar-refractivity contribution in [3.05, 3.63) is 388 Å². The van der Waals surface area contributed by atoms with Crippen LogP contribution in [0.25, 0.3) is 262 Å². The second-order valence-corrected chi connectivity index (χ2v) is 33.5. The number of fused-ring (bicyclic) bond motifs is 23. The lowest BCUT2D eigenvalue weighted by Crippen LogP contribution is -1.96. The average molecular weight is 1610 g/mol. The van der Waals surface area contributed by atoms with Gasteiger partial charge in [0, 0.05) is 161 Å². The predicted octanol–water partition coefficient (Wildman–Crippen LogP) is 31.5. The maximum Gasteiger partial charge on any atom is 0.160 e. The molecule has 0 aliphatic carbocycles. The first-order chi connectivity index (χ1) is 60.9. The van der Waals surface area contributed by atoms with Crippen molar-refractivity contribution in [1.82, 2.24) is 29.9 Å². The van der Waals surface area contributed by atoms with E-state index in [4.69, 9.17) is 43.2 Å². The molecule has 0 atom stereocenters. The van der Waals surface area contributed by atoms with E-state index in [1.54, 1.807) is 0 Å². The molecule has 17 aromatic carbocycles. The molecular formula is C112H64N6O3S2. The van der Waals surface area contributed by atoms with Crippen molar-refractivity contribution < 1.29 is 13.3 Å². The second-order valence-electron chi connectivity index (χ2n) is 31.4. The number of furan rings is 3. The van der Waals surface area contributed by atoms with Gasteiger partial charge in [-0.25, -0.2) is 29.9 Å². The second kappa shape index (κ2) is 28.4. The summed E-state index contributed by atoms with van der Waals surface area (Å²) in [6.45, 7) is 0. The van der Waals surface area contributed by atoms with Gasteiger partial charge in [0.25, 0.3) is 0 Å². The molecule has 9 aromatic heterocycles. The van der Waals surface area contributed by atoms with Gasteiger partial charge < -0.3 is 13.3 Å². The van der Waals surface area contributed by atoms with Crippen LogP contribution in [0.3, 0.4) is 0 Å². The lowest BCUT2D eigenvalue weighted by Gasteiger charge is -2.15. The molecule has 0 aliphatic heterocycles. The van der Waals surface area contributed by atoms with Crippen molar-refractivity contribution in [3.8, 4) is 113 Å². The summed E-state index contributed by atoms with van der Waals surface area (Å²) in [5, 5.41) is 18.6. The summed E-state index contributed by atoms with van der Waals surface area (Å²) in [6, 6.07) is 136. The standard InChI is InChI=1S/C59H33N3O2S.C53H31N3OS/c1-2-12-36(13-3-1)57-46-32-43(58-56(42-17-7-11-21-54(42)65-58)55(46)41-16-4-8-18-47(41)60-57)34-22-24-35(25-23-34)48-33-49(37-26-28-52-44(30-37)39-14-5-9-19-50(39)63-52)62-59(61-48)38-27-29-53-45(31-38)40-15-6-10-20-51(40)64-53;1-3-13-34(14-4-1)51-42-30-40(52-50(39-19-9-12-22-48(39)58-52)49(42)38-18-7-10-20-43(38)54-51)32-23-25-33(26-24-32)44-31-45(56-53(55-44)35-15-5-2-6-16-35)36-27-28-47-41(29-36)37-17-8-11-21-46(37)57-47/h1-33H;1-31H. The van der Waals surface area contributed by atoms with E-state index < -0.39 is 0 Å². The van der Waals surface area contributed by atoms with Crippen molar-refractivity contribution in [3.63, 3.8) is 0 Å². The van der Waals surface area contributed by atoms with Gasteiger partial charge in [0.2, 0.25) is 0 Å². The van der Waals surface area contributed by atoms with Gasteiger partial charge in [-0.15, -0.1) is 22.7 Å². The molecule has 0 N–H and O–H groups in total. The van der Waals surface area contributed by atoms with Gasteiger partial charge in [-0.2, -0.15) is 0 Å². The summed E-state index contributed by atoms with van der Waals surface area (Å²) >= 11 is 3.72. The van der Waals surface area contributed by atoms with Crippen LogP contribution in [0.5, 0.6) is 0 Å². The van der Waals surface area contributed by atoms with Gasteiger partial charge in [-0.05, 0) is 132 Å². The Labute approximate surface area is 711 Å². The molecule has 9 nitrogen and oxygen atoms in total. The molecule has 9 heterocycles. The van der Waals surface area contributed by atoms with Gasteiger partial charge in [0.1, 0.15) is 33.5 Å². The largest absolute Gasteiger partial charge is 0.456 e. The zero-order valence-electron chi connectivity index (χ0n) is 65.7. The Bertz CT molecular complexity index is 8690. The van der Waals surface area contributed by atoms with Crippen LogP contribution in [0, 0.1) is 0 Å². The Morgan fingerprint density at radius 2 is 0.480 bits per heavy atom. The Hall–Kier alpha value is -15.9. The van der Waals surface area contributed by atoms with Crippen molar-refractivity contribution in [1.29, 1.82) is 0 Å². The SMILES string of the molecule is c1ccc(-c2nc(-c3ccc(-c4cc5c(-c6ccccc6)nc6ccccc6c5c5c4sc4ccccc45)cc3)cc(-c3ccc4oc5ccccc5c4c3)n2)cc1.c1ccc(-c2nc3ccccc3c3c2cc(-c2ccc(-c4cc(-c5ccc6oc7ccccc7c6c5)nc(-c5ccc6oc7ccccc7c6c5)n4)cc2)c2sc4ccccc4c23)cc1. The number of hydrogen-bond donors (Lipinski definition) is 0. The highest BCUT2D eigenvalue weighted by Gasteiger charge is 2.25. The van der Waals surface area contributed by atoms with Crippen LogP contribution in [-0.4, -0.2) is 29.9 Å². The predicted molar refractivity (Wildman–Crippen MR) is 512 cm³/mol. The molecule has 0 spiro atoms. The number of benzene rings is 17. The fraction of sp³-hybridized carbons (Fsp3) is 0. The molecule has 572 valence electrons. The summed E-state index contributed by atoms with van der Waals surface area (Å²) in [4.78, 5) is 31.5. The van der Waals surface area contributed by atoms with Crippen LogP contribution in [0.15, 0.2) is 401 Å². The quantitative estimate of drug-likeness (QED) is 0.123. The summed E-state index contributed by atoms with van der Waals surface area (Å²) in [5.41, 5.74) is 25.2. The van der Waals surface area contributed by atoms with Crippen LogP contribution in [0.2, 0.25) is 0 Å². The fourth-order valence-corrected chi connectivity index (χ4v) is 20.8. The van der Waals surface area contributed by atoms with Gasteiger partial charge in [-0.1, -0.05) is 267 Å². The van der Waals surface area contributed by atoms with E-state index >= 15 is 0 Å². The maximum absolute atomic E-state index is 6.22. The number of rotatable bonds is 10. The topological polar surface area (TPSA) is 117 Å². The third-order valence-electron chi connectivity index (χ3n) is 24.2. The molecule has 26 aromatic rings. The molecule has 0 amide bonds. The third-order valence-corrected chi connectivity index (χ3v) is 26.6. The molecule has 0 bridgehead atoms. The van der Waals surface area contributed by atoms with E-state index in [0.29, 0.717) is 11.6 Å². The van der Waals surface area contributed by atoms with Crippen molar-refractivity contribution in [2.24, 2.45) is 0 Å². The molecule has 26 rings (SSSR count). The van der Waals surface area contributed by atoms with Crippen molar-refractivity contribution in [2.45, 2.75) is 0 Å². The highest BCUT2D eigenvalue weighted by atomic mass is 32.1. The smallest absolute Gasteiger partial charge is 0.160 e. The van der Waals surface area contributed by atoms with E-state index in [9.17, 15) is 0 Å². The lowest BCUT2D eigenvalue weighted by molar-refractivity contribution is 0.668. The monoisotopic (exact) mass is 1600 g/mol. The summed E-state index contributed by atoms with van der Waals surface area (Å²) in [5.74, 6) is 1.32.